The van der Waals surface area contributed by atoms with E-state index in [-0.39, 0.29) is 0 Å². The van der Waals surface area contributed by atoms with Crippen molar-refractivity contribution in [2.75, 3.05) is 54.1 Å². The van der Waals surface area contributed by atoms with E-state index in [1.54, 1.807) is 0 Å². The second-order valence-corrected chi connectivity index (χ2v) is 6.70. The Labute approximate surface area is 148 Å². The number of hydrogen-bond donors (Lipinski definition) is 2. The van der Waals surface area contributed by atoms with Crippen LogP contribution in [0.2, 0.25) is 0 Å². The van der Waals surface area contributed by atoms with E-state index in [1.165, 1.54) is 12.8 Å². The van der Waals surface area contributed by atoms with Gasteiger partial charge in [0.15, 0.2) is 5.96 Å². The monoisotopic (exact) mass is 342 g/mol. The molecule has 142 valence electrons. The average Bonchev–Trinajstić information content (AvgIpc) is 3.09. The first-order valence-electron chi connectivity index (χ1n) is 9.42. The van der Waals surface area contributed by atoms with Crippen molar-refractivity contribution in [1.82, 2.24) is 15.5 Å². The largest absolute Gasteiger partial charge is 0.379 e. The van der Waals surface area contributed by atoms with Crippen LogP contribution in [-0.4, -0.2) is 77.1 Å². The van der Waals surface area contributed by atoms with Crippen LogP contribution in [0, 0.1) is 5.92 Å². The Morgan fingerprint density at radius 3 is 2.58 bits per heavy atom. The van der Waals surface area contributed by atoms with Gasteiger partial charge in [0, 0.05) is 39.4 Å². The lowest BCUT2D eigenvalue weighted by Gasteiger charge is -2.32. The molecule has 6 heteroatoms. The summed E-state index contributed by atoms with van der Waals surface area (Å²) >= 11 is 0. The number of nitrogens with one attached hydrogen (secondary N) is 2. The van der Waals surface area contributed by atoms with E-state index in [2.05, 4.69) is 48.5 Å². The van der Waals surface area contributed by atoms with Crippen molar-refractivity contribution in [1.29, 1.82) is 0 Å². The number of ether oxygens (including phenoxy) is 2. The summed E-state index contributed by atoms with van der Waals surface area (Å²) in [5.74, 6) is 1.57. The summed E-state index contributed by atoms with van der Waals surface area (Å²) in [6.07, 6.45) is 4.70. The Kier molecular flexibility index (Phi) is 11.0. The van der Waals surface area contributed by atoms with Gasteiger partial charge in [0.05, 0.1) is 12.7 Å². The first-order valence-corrected chi connectivity index (χ1v) is 9.42. The summed E-state index contributed by atoms with van der Waals surface area (Å²) in [6, 6.07) is 0.518. The predicted molar refractivity (Wildman–Crippen MR) is 101 cm³/mol. The van der Waals surface area contributed by atoms with Crippen LogP contribution in [0.25, 0.3) is 0 Å². The molecule has 0 amide bonds. The summed E-state index contributed by atoms with van der Waals surface area (Å²) in [4.78, 5) is 6.64. The van der Waals surface area contributed by atoms with Crippen LogP contribution >= 0.6 is 0 Å². The van der Waals surface area contributed by atoms with Crippen LogP contribution in [0.15, 0.2) is 4.99 Å². The molecule has 0 aromatic heterocycles. The molecule has 0 saturated carbocycles. The molecule has 1 heterocycles. The van der Waals surface area contributed by atoms with E-state index in [4.69, 9.17) is 9.47 Å². The molecule has 6 nitrogen and oxygen atoms in total. The van der Waals surface area contributed by atoms with E-state index in [9.17, 15) is 0 Å². The van der Waals surface area contributed by atoms with Gasteiger partial charge >= 0.3 is 0 Å². The van der Waals surface area contributed by atoms with Crippen molar-refractivity contribution in [3.05, 3.63) is 0 Å². The second-order valence-electron chi connectivity index (χ2n) is 6.70. The number of rotatable bonds is 11. The molecule has 0 aliphatic carbocycles. The Hall–Kier alpha value is -0.850. The van der Waals surface area contributed by atoms with Crippen LogP contribution in [0.4, 0.5) is 0 Å². The minimum Gasteiger partial charge on any atom is -0.379 e. The molecule has 1 aliphatic rings. The normalized spacial score (nSPS) is 20.0. The van der Waals surface area contributed by atoms with Gasteiger partial charge in [-0.2, -0.15) is 0 Å². The molecular weight excluding hydrogens is 304 g/mol. The number of likely N-dealkylation sites (N-methyl/N-ethyl adjacent to an activating group) is 1. The Balaban J connectivity index is 2.22. The van der Waals surface area contributed by atoms with Gasteiger partial charge in [-0.05, 0) is 32.9 Å². The van der Waals surface area contributed by atoms with E-state index < -0.39 is 0 Å². The Bertz CT molecular complexity index is 340. The smallest absolute Gasteiger partial charge is 0.191 e. The summed E-state index contributed by atoms with van der Waals surface area (Å²) < 4.78 is 11.1. The number of guanidine groups is 1. The maximum Gasteiger partial charge on any atom is 0.191 e. The lowest BCUT2D eigenvalue weighted by atomic mass is 9.93. The highest BCUT2D eigenvalue weighted by Gasteiger charge is 2.20. The minimum absolute atomic E-state index is 0.295. The lowest BCUT2D eigenvalue weighted by molar-refractivity contribution is 0.0420. The molecule has 1 saturated heterocycles. The van der Waals surface area contributed by atoms with Crippen LogP contribution in [-0.2, 0) is 9.47 Å². The zero-order valence-electron chi connectivity index (χ0n) is 16.3. The molecule has 0 bridgehead atoms. The topological polar surface area (TPSA) is 58.1 Å². The molecule has 2 atom stereocenters. The first kappa shape index (κ1) is 21.2. The fourth-order valence-corrected chi connectivity index (χ4v) is 3.20. The SMILES string of the molecule is CCC(CC)C(CNC(=NC)NCCCOC1CCOC1)N(C)C. The molecular formula is C18H38N4O2. The van der Waals surface area contributed by atoms with Gasteiger partial charge in [0.2, 0.25) is 0 Å². The Morgan fingerprint density at radius 1 is 1.29 bits per heavy atom. The van der Waals surface area contributed by atoms with Gasteiger partial charge in [-0.25, -0.2) is 0 Å². The quantitative estimate of drug-likeness (QED) is 0.340. The summed E-state index contributed by atoms with van der Waals surface area (Å²) in [6.45, 7) is 8.67. The molecule has 1 rings (SSSR count). The van der Waals surface area contributed by atoms with Gasteiger partial charge in [-0.15, -0.1) is 0 Å². The van der Waals surface area contributed by atoms with E-state index >= 15 is 0 Å². The molecule has 1 fully saturated rings. The maximum atomic E-state index is 5.78. The predicted octanol–water partition coefficient (Wildman–Crippen LogP) is 1.71. The molecule has 0 spiro atoms. The van der Waals surface area contributed by atoms with Crippen LogP contribution in [0.3, 0.4) is 0 Å². The summed E-state index contributed by atoms with van der Waals surface area (Å²) in [7, 11) is 6.14. The molecule has 0 radical (unpaired) electrons. The highest BCUT2D eigenvalue weighted by Crippen LogP contribution is 2.16. The van der Waals surface area contributed by atoms with Gasteiger partial charge < -0.3 is 25.0 Å². The summed E-state index contributed by atoms with van der Waals surface area (Å²) in [5.41, 5.74) is 0. The minimum atomic E-state index is 0.295. The van der Waals surface area contributed by atoms with Crippen LogP contribution in [0.5, 0.6) is 0 Å². The number of aliphatic imine (C=N–C) groups is 1. The van der Waals surface area contributed by atoms with Crippen molar-refractivity contribution in [3.63, 3.8) is 0 Å². The molecule has 1 aliphatic heterocycles. The van der Waals surface area contributed by atoms with Crippen LogP contribution < -0.4 is 10.6 Å². The third-order valence-electron chi connectivity index (χ3n) is 4.81. The average molecular weight is 343 g/mol. The van der Waals surface area contributed by atoms with Crippen molar-refractivity contribution >= 4 is 5.96 Å². The fourth-order valence-electron chi connectivity index (χ4n) is 3.20. The lowest BCUT2D eigenvalue weighted by Crippen LogP contribution is -2.48. The van der Waals surface area contributed by atoms with Crippen molar-refractivity contribution < 1.29 is 9.47 Å². The maximum absolute atomic E-state index is 5.78. The highest BCUT2D eigenvalue weighted by molar-refractivity contribution is 5.79. The first-order chi connectivity index (χ1) is 11.6. The van der Waals surface area contributed by atoms with Gasteiger partial charge in [-0.3, -0.25) is 4.99 Å². The van der Waals surface area contributed by atoms with Crippen molar-refractivity contribution in [2.45, 2.75) is 51.7 Å². The number of hydrogen-bond acceptors (Lipinski definition) is 4. The Morgan fingerprint density at radius 2 is 2.04 bits per heavy atom. The third kappa shape index (κ3) is 7.81. The molecule has 2 unspecified atom stereocenters. The second kappa shape index (κ2) is 12.5. The van der Waals surface area contributed by atoms with E-state index in [0.717, 1.165) is 51.7 Å². The highest BCUT2D eigenvalue weighted by atomic mass is 16.5. The van der Waals surface area contributed by atoms with Crippen molar-refractivity contribution in [3.8, 4) is 0 Å². The van der Waals surface area contributed by atoms with E-state index in [1.807, 2.05) is 7.05 Å². The number of nitrogens with zero attached hydrogens (tertiary/aromatic N) is 2. The van der Waals surface area contributed by atoms with Crippen molar-refractivity contribution in [2.24, 2.45) is 10.9 Å². The fraction of sp³-hybridized carbons (Fsp3) is 0.944. The summed E-state index contributed by atoms with van der Waals surface area (Å²) in [5, 5.41) is 6.84. The molecule has 24 heavy (non-hydrogen) atoms. The van der Waals surface area contributed by atoms with Crippen LogP contribution in [0.1, 0.15) is 39.5 Å². The third-order valence-corrected chi connectivity index (χ3v) is 4.81. The zero-order chi connectivity index (χ0) is 17.8. The van der Waals surface area contributed by atoms with Gasteiger partial charge in [0.1, 0.15) is 0 Å². The standard InChI is InChI=1S/C18H38N4O2/c1-6-15(7-2)17(22(4)5)13-21-18(19-3)20-10-8-11-24-16-9-12-23-14-16/h15-17H,6-14H2,1-5H3,(H2,19,20,21). The molecule has 0 aromatic carbocycles. The molecule has 2 N–H and O–H groups in total. The van der Waals surface area contributed by atoms with Gasteiger partial charge in [-0.1, -0.05) is 26.7 Å². The van der Waals surface area contributed by atoms with E-state index in [0.29, 0.717) is 18.1 Å². The molecule has 0 aromatic rings. The van der Waals surface area contributed by atoms with Gasteiger partial charge in [0.25, 0.3) is 0 Å². The zero-order valence-corrected chi connectivity index (χ0v) is 16.3.